The normalized spacial score (nSPS) is 30.9. The van der Waals surface area contributed by atoms with Crippen LogP contribution >= 0.6 is 0 Å². The molecule has 6 aromatic carbocycles. The van der Waals surface area contributed by atoms with E-state index in [0.29, 0.717) is 61.8 Å². The summed E-state index contributed by atoms with van der Waals surface area (Å²) in [5, 5.41) is 47.1. The number of nitrogens with zero attached hydrogens (tertiary/aromatic N) is 1. The van der Waals surface area contributed by atoms with Gasteiger partial charge in [-0.05, 0) is 204 Å². The summed E-state index contributed by atoms with van der Waals surface area (Å²) in [6.07, 6.45) is 11.9. The Labute approximate surface area is 494 Å². The molecule has 3 fully saturated rings. The van der Waals surface area contributed by atoms with Crippen LogP contribution in [-0.2, 0) is 33.4 Å². The highest BCUT2D eigenvalue weighted by atomic mass is 32.2. The molecule has 2 saturated carbocycles. The number of nitrogens with two attached hydrogens (primary N) is 2. The van der Waals surface area contributed by atoms with E-state index in [1.165, 1.54) is 0 Å². The van der Waals surface area contributed by atoms with Gasteiger partial charge >= 0.3 is 0 Å². The van der Waals surface area contributed by atoms with Crippen LogP contribution in [0.4, 0.5) is 0 Å². The van der Waals surface area contributed by atoms with Crippen molar-refractivity contribution >= 4 is 26.9 Å². The maximum Gasteiger partial charge on any atom is 0.268 e. The number of aryl methyl sites for hydroxylation is 1. The number of aromatic hydroxyl groups is 2. The van der Waals surface area contributed by atoms with E-state index < -0.39 is 50.6 Å². The zero-order valence-corrected chi connectivity index (χ0v) is 48.8. The molecule has 10 bridgehead atoms. The third-order valence-corrected chi connectivity index (χ3v) is 22.4. The van der Waals surface area contributed by atoms with E-state index in [1.807, 2.05) is 54.6 Å². The summed E-state index contributed by atoms with van der Waals surface area (Å²) in [5.41, 5.74) is 18.6. The van der Waals surface area contributed by atoms with Crippen molar-refractivity contribution in [3.63, 3.8) is 0 Å². The number of aliphatic hydroxyl groups excluding tert-OH is 1. The largest absolute Gasteiger partial charge is 0.508 e. The van der Waals surface area contributed by atoms with Gasteiger partial charge in [0.1, 0.15) is 23.4 Å². The monoisotopic (exact) mass is 1150 g/mol. The van der Waals surface area contributed by atoms with Crippen molar-refractivity contribution in [1.82, 2.24) is 0 Å². The summed E-state index contributed by atoms with van der Waals surface area (Å²) in [7, 11) is -4.71. The van der Waals surface area contributed by atoms with Gasteiger partial charge in [-0.25, -0.2) is 4.99 Å². The Morgan fingerprint density at radius 1 is 0.833 bits per heavy atom. The van der Waals surface area contributed by atoms with Gasteiger partial charge in [0.15, 0.2) is 5.96 Å². The molecule has 0 radical (unpaired) electrons. The fraction of sp³-hybridized carbons (Fsp3) is 0.451. The highest BCUT2D eigenvalue weighted by molar-refractivity contribution is 7.86. The number of hydrogen-bond acceptors (Lipinski definition) is 9. The van der Waals surface area contributed by atoms with E-state index in [0.717, 1.165) is 94.7 Å². The molecule has 4 aliphatic carbocycles. The quantitative estimate of drug-likeness (QED) is 0.0237. The highest BCUT2D eigenvalue weighted by Gasteiger charge is 2.55. The molecule has 13 atom stereocenters. The van der Waals surface area contributed by atoms with Crippen LogP contribution in [0.15, 0.2) is 144 Å². The van der Waals surface area contributed by atoms with Crippen molar-refractivity contribution in [2.75, 3.05) is 6.61 Å². The molecule has 9 N–H and O–H groups in total. The number of phenolic OH excluding ortho intramolecular Hbond substituents is 2. The van der Waals surface area contributed by atoms with Crippen LogP contribution in [0.3, 0.4) is 0 Å². The Balaban J connectivity index is 0.983. The Hall–Kier alpha value is -6.66. The summed E-state index contributed by atoms with van der Waals surface area (Å²) >= 11 is 0. The summed E-state index contributed by atoms with van der Waals surface area (Å²) in [6, 6.07) is 41.8. The Morgan fingerprint density at radius 3 is 2.36 bits per heavy atom. The maximum absolute atomic E-state index is 14.5. The van der Waals surface area contributed by atoms with Gasteiger partial charge in [-0.2, -0.15) is 8.42 Å². The van der Waals surface area contributed by atoms with Gasteiger partial charge < -0.3 is 41.4 Å². The molecular formula is C71H79N3O9S. The van der Waals surface area contributed by atoms with Crippen molar-refractivity contribution in [1.29, 1.82) is 0 Å². The molecule has 0 amide bonds. The number of phenols is 2. The summed E-state index contributed by atoms with van der Waals surface area (Å²) in [6.45, 7) is 2.10. The lowest BCUT2D eigenvalue weighted by Crippen LogP contribution is -2.52. The lowest BCUT2D eigenvalue weighted by Gasteiger charge is -2.52. The number of aliphatic imine (C=N–C) groups is 1. The van der Waals surface area contributed by atoms with Crippen molar-refractivity contribution in [2.45, 2.75) is 156 Å². The van der Waals surface area contributed by atoms with Gasteiger partial charge in [-0.3, -0.25) is 4.55 Å². The number of aliphatic hydroxyl groups is 2. The first kappa shape index (κ1) is 56.5. The second-order valence-corrected chi connectivity index (χ2v) is 28.2. The number of rotatable bonds is 9. The molecule has 438 valence electrons. The summed E-state index contributed by atoms with van der Waals surface area (Å²) < 4.78 is 55.7. The Morgan fingerprint density at radius 2 is 1.58 bits per heavy atom. The lowest BCUT2D eigenvalue weighted by atomic mass is 9.57. The molecule has 9 aliphatic rings. The Bertz CT molecular complexity index is 3700. The summed E-state index contributed by atoms with van der Waals surface area (Å²) in [5.74, 6) is 5.20. The first-order chi connectivity index (χ1) is 40.4. The number of fused-ring (bicyclic) bond motifs is 10. The Kier molecular flexibility index (Phi) is 15.0. The van der Waals surface area contributed by atoms with Crippen LogP contribution in [-0.4, -0.2) is 62.9 Å². The average molecular weight is 1150 g/mol. The second-order valence-electron chi connectivity index (χ2n) is 26.5. The first-order valence-corrected chi connectivity index (χ1v) is 32.2. The minimum atomic E-state index is -4.71. The van der Waals surface area contributed by atoms with Crippen LogP contribution in [0.1, 0.15) is 165 Å². The van der Waals surface area contributed by atoms with E-state index in [4.69, 9.17) is 25.9 Å². The van der Waals surface area contributed by atoms with Gasteiger partial charge in [0, 0.05) is 42.1 Å². The molecule has 0 aromatic heterocycles. The topological polar surface area (TPSA) is 218 Å². The van der Waals surface area contributed by atoms with Gasteiger partial charge in [-0.15, -0.1) is 0 Å². The van der Waals surface area contributed by atoms with Gasteiger partial charge in [0.05, 0.1) is 17.0 Å². The average Bonchev–Trinajstić information content (AvgIpc) is 1.91. The fourth-order valence-corrected chi connectivity index (χ4v) is 18.4. The van der Waals surface area contributed by atoms with Crippen molar-refractivity contribution in [2.24, 2.45) is 51.5 Å². The third-order valence-electron chi connectivity index (χ3n) is 21.1. The molecule has 84 heavy (non-hydrogen) atoms. The number of ether oxygens (including phenoxy) is 2. The molecule has 12 nitrogen and oxygen atoms in total. The van der Waals surface area contributed by atoms with E-state index >= 15 is 0 Å². The van der Waals surface area contributed by atoms with Crippen LogP contribution in [0.5, 0.6) is 17.2 Å². The molecule has 1 saturated heterocycles. The SMILES string of the molecule is C[C@@H]1CCc2cc3ccc2[C@H]1C[C@@H](S(=O)(=O)O)[C@H]1C=C2C[C@H](C[C@H]4C[C@@H](CO)CC#Cc5cc(O)ccc5[C@@H]2O4)[C@@H]1c1ccc(cc1)[C@](C[C@H](Cc1ccccc1)[C@@]1(O)C[C@@H](c2ccc4ccc(O)cc4c2)CC2(CCCC2)C1)(N=C(N)N)O3. The van der Waals surface area contributed by atoms with Crippen LogP contribution in [0.2, 0.25) is 0 Å². The maximum atomic E-state index is 14.5. The minimum absolute atomic E-state index is 0.0159. The predicted molar refractivity (Wildman–Crippen MR) is 327 cm³/mol. The van der Waals surface area contributed by atoms with Gasteiger partial charge in [0.2, 0.25) is 5.72 Å². The highest BCUT2D eigenvalue weighted by Crippen LogP contribution is 2.60. The molecule has 13 heteroatoms. The van der Waals surface area contributed by atoms with E-state index in [1.54, 1.807) is 18.2 Å². The van der Waals surface area contributed by atoms with Crippen LogP contribution < -0.4 is 16.2 Å². The standard InChI is InChI=1S/C71H79N3O9S/c1-43-12-13-50-34-59-23-25-61(50)63(43)37-65(84(79,80)81)64-36-53-31-52(35-60-29-45(41-75)10-7-11-49-32-58(77)22-24-62(49)67(53)82-60)66(64)47-16-19-55(20-17-47)71(83-59,74-68(72)73)40-56(28-44-8-3-2-4-9-44)70(78)39-54(38-69(42-70)26-5-6-27-69)48-15-14-46-18-21-57(76)33-51(46)30-48/h2-4,8-9,14-25,30,32-34,36,43,45,52,54,56,60,63-67,75-78H,5-6,10,12-13,26-29,31,35,37-42H2,1H3,(H4,72,73,74)(H,79,80,81)/t43-,45+,52-,54+,56+,60-,63+,64-,65-,66+,67-,70-,71-/m1/s1. The van der Waals surface area contributed by atoms with Crippen molar-refractivity contribution in [3.8, 4) is 29.1 Å². The number of allylic oxidation sites excluding steroid dienone is 1. The van der Waals surface area contributed by atoms with Crippen LogP contribution in [0.25, 0.3) is 10.8 Å². The predicted octanol–water partition coefficient (Wildman–Crippen LogP) is 12.5. The first-order valence-electron chi connectivity index (χ1n) is 30.7. The fourth-order valence-electron chi connectivity index (χ4n) is 17.3. The van der Waals surface area contributed by atoms with Crippen molar-refractivity contribution in [3.05, 3.63) is 184 Å². The zero-order chi connectivity index (χ0) is 58.1. The molecule has 1 spiro atoms. The molecule has 15 rings (SSSR count). The minimum Gasteiger partial charge on any atom is -0.508 e. The molecule has 0 unspecified atom stereocenters. The molecule has 5 heterocycles. The van der Waals surface area contributed by atoms with E-state index in [2.05, 4.69) is 79.4 Å². The second kappa shape index (κ2) is 22.3. The summed E-state index contributed by atoms with van der Waals surface area (Å²) in [4.78, 5) is 5.24. The number of hydrogen-bond donors (Lipinski definition) is 7. The number of guanidine groups is 1. The van der Waals surface area contributed by atoms with E-state index in [9.17, 15) is 33.4 Å². The molecule has 6 aromatic rings. The van der Waals surface area contributed by atoms with E-state index in [-0.39, 0.29) is 78.0 Å². The lowest BCUT2D eigenvalue weighted by molar-refractivity contribution is -0.116. The smallest absolute Gasteiger partial charge is 0.268 e. The van der Waals surface area contributed by atoms with Gasteiger partial charge in [-0.1, -0.05) is 129 Å². The zero-order valence-electron chi connectivity index (χ0n) is 48.0. The van der Waals surface area contributed by atoms with Crippen molar-refractivity contribution < 1.29 is 42.9 Å². The number of benzene rings is 6. The van der Waals surface area contributed by atoms with Gasteiger partial charge in [0.25, 0.3) is 10.1 Å². The molecule has 5 aliphatic heterocycles. The third kappa shape index (κ3) is 11.0. The van der Waals surface area contributed by atoms with Crippen LogP contribution in [0, 0.1) is 46.8 Å². The molecular weight excluding hydrogens is 1070 g/mol.